The second-order valence-corrected chi connectivity index (χ2v) is 5.94. The predicted molar refractivity (Wildman–Crippen MR) is 73.1 cm³/mol. The Bertz CT molecular complexity index is 744. The minimum absolute atomic E-state index is 0.244. The number of nitrogens with two attached hydrogens (primary N) is 1. The van der Waals surface area contributed by atoms with Crippen LogP contribution in [0.3, 0.4) is 0 Å². The van der Waals surface area contributed by atoms with Gasteiger partial charge in [-0.3, -0.25) is 4.72 Å². The van der Waals surface area contributed by atoms with Gasteiger partial charge >= 0.3 is 6.18 Å². The highest BCUT2D eigenvalue weighted by Gasteiger charge is 2.32. The van der Waals surface area contributed by atoms with Crippen LogP contribution in [0.4, 0.5) is 24.5 Å². The molecule has 2 rings (SSSR count). The molecule has 0 bridgehead atoms. The van der Waals surface area contributed by atoms with E-state index in [4.69, 9.17) is 5.73 Å². The lowest BCUT2D eigenvalue weighted by molar-refractivity contribution is -0.137. The maximum absolute atomic E-state index is 12.7. The van der Waals surface area contributed by atoms with Gasteiger partial charge in [-0.25, -0.2) is 8.42 Å². The van der Waals surface area contributed by atoms with Crippen molar-refractivity contribution in [2.75, 3.05) is 10.5 Å². The van der Waals surface area contributed by atoms with Gasteiger partial charge in [0.2, 0.25) is 0 Å². The maximum atomic E-state index is 12.7. The summed E-state index contributed by atoms with van der Waals surface area (Å²) in [5.41, 5.74) is 4.20. The molecule has 4 nitrogen and oxygen atoms in total. The Morgan fingerprint density at radius 1 is 1.00 bits per heavy atom. The lowest BCUT2D eigenvalue weighted by atomic mass is 10.2. The number of sulfonamides is 1. The second-order valence-electron chi connectivity index (χ2n) is 4.26. The Hall–Kier alpha value is -2.22. The Morgan fingerprint density at radius 2 is 1.62 bits per heavy atom. The van der Waals surface area contributed by atoms with E-state index in [-0.39, 0.29) is 11.4 Å². The number of halogens is 3. The van der Waals surface area contributed by atoms with Crippen molar-refractivity contribution in [1.82, 2.24) is 0 Å². The van der Waals surface area contributed by atoms with Crippen LogP contribution >= 0.6 is 0 Å². The number of para-hydroxylation sites is 1. The Balaban J connectivity index is 2.43. The molecule has 0 aromatic heterocycles. The zero-order valence-electron chi connectivity index (χ0n) is 10.6. The largest absolute Gasteiger partial charge is 0.416 e. The molecule has 0 amide bonds. The van der Waals surface area contributed by atoms with Crippen LogP contribution in [0.25, 0.3) is 0 Å². The van der Waals surface area contributed by atoms with E-state index in [2.05, 4.69) is 4.72 Å². The molecule has 8 heteroatoms. The zero-order valence-corrected chi connectivity index (χ0v) is 11.4. The van der Waals surface area contributed by atoms with E-state index in [0.29, 0.717) is 12.1 Å². The monoisotopic (exact) mass is 316 g/mol. The van der Waals surface area contributed by atoms with Gasteiger partial charge in [0.05, 0.1) is 10.5 Å². The van der Waals surface area contributed by atoms with Crippen molar-refractivity contribution in [2.45, 2.75) is 11.1 Å². The number of anilines is 2. The molecule has 0 radical (unpaired) electrons. The quantitative estimate of drug-likeness (QED) is 0.855. The van der Waals surface area contributed by atoms with Crippen LogP contribution in [0, 0.1) is 0 Å². The van der Waals surface area contributed by atoms with E-state index < -0.39 is 26.7 Å². The first-order valence-corrected chi connectivity index (χ1v) is 7.22. The summed E-state index contributed by atoms with van der Waals surface area (Å²) >= 11 is 0. The molecule has 0 fully saturated rings. The molecular weight excluding hydrogens is 305 g/mol. The van der Waals surface area contributed by atoms with E-state index in [1.165, 1.54) is 12.1 Å². The molecule has 2 aromatic rings. The number of hydrogen-bond donors (Lipinski definition) is 2. The first-order chi connectivity index (χ1) is 9.68. The van der Waals surface area contributed by atoms with Crippen molar-refractivity contribution >= 4 is 21.4 Å². The summed E-state index contributed by atoms with van der Waals surface area (Å²) in [5, 5.41) is 0. The highest BCUT2D eigenvalue weighted by Crippen LogP contribution is 2.32. The van der Waals surface area contributed by atoms with Crippen LogP contribution < -0.4 is 10.5 Å². The van der Waals surface area contributed by atoms with Crippen LogP contribution in [0.2, 0.25) is 0 Å². The first-order valence-electron chi connectivity index (χ1n) is 5.74. The van der Waals surface area contributed by atoms with Crippen molar-refractivity contribution in [3.05, 3.63) is 54.1 Å². The van der Waals surface area contributed by atoms with E-state index in [9.17, 15) is 21.6 Å². The van der Waals surface area contributed by atoms with Gasteiger partial charge in [0, 0.05) is 11.4 Å². The normalized spacial score (nSPS) is 12.1. The van der Waals surface area contributed by atoms with Crippen molar-refractivity contribution in [3.63, 3.8) is 0 Å². The van der Waals surface area contributed by atoms with Crippen LogP contribution in [-0.4, -0.2) is 8.42 Å². The third kappa shape index (κ3) is 3.66. The molecule has 2 aromatic carbocycles. The molecular formula is C13H11F3N2O2S. The lowest BCUT2D eigenvalue weighted by Crippen LogP contribution is -2.15. The zero-order chi connectivity index (χ0) is 15.7. The van der Waals surface area contributed by atoms with Gasteiger partial charge in [0.15, 0.2) is 0 Å². The number of rotatable bonds is 3. The summed E-state index contributed by atoms with van der Waals surface area (Å²) in [4.78, 5) is -0.543. The molecule has 0 aliphatic heterocycles. The van der Waals surface area contributed by atoms with Gasteiger partial charge in [-0.15, -0.1) is 0 Å². The van der Waals surface area contributed by atoms with Gasteiger partial charge in [-0.2, -0.15) is 13.2 Å². The van der Waals surface area contributed by atoms with Crippen LogP contribution in [0.15, 0.2) is 53.4 Å². The SMILES string of the molecule is Nc1cc(C(F)(F)F)cc(S(=O)(=O)Nc2ccccc2)c1. The number of nitrogens with one attached hydrogen (secondary N) is 1. The van der Waals surface area contributed by atoms with E-state index in [1.807, 2.05) is 0 Å². The minimum atomic E-state index is -4.67. The van der Waals surface area contributed by atoms with Crippen molar-refractivity contribution in [1.29, 1.82) is 0 Å². The Labute approximate surface area is 119 Å². The number of nitrogen functional groups attached to an aromatic ring is 1. The number of hydrogen-bond acceptors (Lipinski definition) is 3. The summed E-state index contributed by atoms with van der Waals surface area (Å²) in [7, 11) is -4.15. The molecule has 0 aliphatic rings. The molecule has 0 heterocycles. The smallest absolute Gasteiger partial charge is 0.399 e. The molecule has 0 saturated carbocycles. The standard InChI is InChI=1S/C13H11F3N2O2S/c14-13(15,16)9-6-10(17)8-12(7-9)21(19,20)18-11-4-2-1-3-5-11/h1-8,18H,17H2. The molecule has 0 aliphatic carbocycles. The summed E-state index contributed by atoms with van der Waals surface area (Å²) in [6.07, 6.45) is -4.67. The molecule has 3 N–H and O–H groups in total. The average Bonchev–Trinajstić information content (AvgIpc) is 2.37. The average molecular weight is 316 g/mol. The number of alkyl halides is 3. The highest BCUT2D eigenvalue weighted by atomic mass is 32.2. The third-order valence-electron chi connectivity index (χ3n) is 2.59. The van der Waals surface area contributed by atoms with Crippen LogP contribution in [-0.2, 0) is 16.2 Å². The van der Waals surface area contributed by atoms with Crippen LogP contribution in [0.5, 0.6) is 0 Å². The van der Waals surface area contributed by atoms with E-state index in [1.54, 1.807) is 18.2 Å². The summed E-state index contributed by atoms with van der Waals surface area (Å²) < 4.78 is 64.5. The highest BCUT2D eigenvalue weighted by molar-refractivity contribution is 7.92. The van der Waals surface area contributed by atoms with Crippen LogP contribution in [0.1, 0.15) is 5.56 Å². The fraction of sp³-hybridized carbons (Fsp3) is 0.0769. The molecule has 0 saturated heterocycles. The van der Waals surface area contributed by atoms with Crippen molar-refractivity contribution in [2.24, 2.45) is 0 Å². The topological polar surface area (TPSA) is 72.2 Å². The Morgan fingerprint density at radius 3 is 2.19 bits per heavy atom. The summed E-state index contributed by atoms with van der Waals surface area (Å²) in [6, 6.07) is 10.0. The second kappa shape index (κ2) is 5.28. The molecule has 0 spiro atoms. The van der Waals surface area contributed by atoms with E-state index >= 15 is 0 Å². The lowest BCUT2D eigenvalue weighted by Gasteiger charge is -2.12. The fourth-order valence-electron chi connectivity index (χ4n) is 1.66. The van der Waals surface area contributed by atoms with Gasteiger partial charge in [0.25, 0.3) is 10.0 Å². The van der Waals surface area contributed by atoms with Gasteiger partial charge in [0.1, 0.15) is 0 Å². The number of benzene rings is 2. The molecule has 0 unspecified atom stereocenters. The molecule has 21 heavy (non-hydrogen) atoms. The van der Waals surface area contributed by atoms with Crippen molar-refractivity contribution in [3.8, 4) is 0 Å². The molecule has 112 valence electrons. The van der Waals surface area contributed by atoms with Crippen molar-refractivity contribution < 1.29 is 21.6 Å². The van der Waals surface area contributed by atoms with Gasteiger partial charge in [-0.1, -0.05) is 18.2 Å². The third-order valence-corrected chi connectivity index (χ3v) is 3.95. The Kier molecular flexibility index (Phi) is 3.82. The first kappa shape index (κ1) is 15.2. The predicted octanol–water partition coefficient (Wildman–Crippen LogP) is 3.09. The minimum Gasteiger partial charge on any atom is -0.399 e. The fourth-order valence-corrected chi connectivity index (χ4v) is 2.80. The molecule has 0 atom stereocenters. The van der Waals surface area contributed by atoms with E-state index in [0.717, 1.165) is 6.07 Å². The summed E-state index contributed by atoms with van der Waals surface area (Å²) in [6.45, 7) is 0. The maximum Gasteiger partial charge on any atom is 0.416 e. The van der Waals surface area contributed by atoms with Gasteiger partial charge < -0.3 is 5.73 Å². The van der Waals surface area contributed by atoms with Gasteiger partial charge in [-0.05, 0) is 30.3 Å². The summed E-state index contributed by atoms with van der Waals surface area (Å²) in [5.74, 6) is 0.